The average Bonchev–Trinajstić information content (AvgIpc) is 3.19. The molecule has 132 valence electrons. The smallest absolute Gasteiger partial charge is 0.418 e. The molecule has 1 N–H and O–H groups in total. The highest BCUT2D eigenvalue weighted by Crippen LogP contribution is 2.24. The zero-order valence-electron chi connectivity index (χ0n) is 13.7. The summed E-state index contributed by atoms with van der Waals surface area (Å²) in [6.07, 6.45) is 1.72. The van der Waals surface area contributed by atoms with Crippen LogP contribution in [0, 0.1) is 0 Å². The van der Waals surface area contributed by atoms with E-state index < -0.39 is 18.6 Å². The van der Waals surface area contributed by atoms with Crippen molar-refractivity contribution in [2.45, 2.75) is 6.61 Å². The Hall–Kier alpha value is -3.61. The number of carbonyl (C=O) groups excluding carboxylic acids is 1. The Kier molecular flexibility index (Phi) is 5.28. The molecule has 1 amide bonds. The molecular weight excluding hydrogens is 336 g/mol. The van der Waals surface area contributed by atoms with Gasteiger partial charge in [-0.3, -0.25) is 4.79 Å². The molecule has 0 fully saturated rings. The van der Waals surface area contributed by atoms with Crippen LogP contribution in [0.4, 0.5) is 10.8 Å². The second-order valence-electron chi connectivity index (χ2n) is 5.37. The molecule has 0 saturated heterocycles. The van der Waals surface area contributed by atoms with Crippen molar-refractivity contribution in [2.75, 3.05) is 11.4 Å². The van der Waals surface area contributed by atoms with E-state index >= 15 is 0 Å². The van der Waals surface area contributed by atoms with Gasteiger partial charge in [0.15, 0.2) is 0 Å². The first-order valence-corrected chi connectivity index (χ1v) is 7.84. The van der Waals surface area contributed by atoms with Crippen LogP contribution in [-0.2, 0) is 16.1 Å². The van der Waals surface area contributed by atoms with Crippen molar-refractivity contribution in [1.82, 2.24) is 4.98 Å². The number of rotatable bonds is 6. The topological polar surface area (TPSA) is 92.9 Å². The number of carboxylic acid groups (broad SMARTS) is 1. The maximum atomic E-state index is 12.3. The second-order valence-corrected chi connectivity index (χ2v) is 5.37. The molecule has 0 bridgehead atoms. The lowest BCUT2D eigenvalue weighted by Crippen LogP contribution is -2.36. The first kappa shape index (κ1) is 17.2. The standard InChI is InChI=1S/C19H16N2O5/c22-17(23)12-21(18-20-10-11-25-18)19(24)26-13-15-8-4-5-9-16(15)14-6-2-1-3-7-14/h1-11H,12-13H2,(H,22,23). The molecule has 2 aromatic carbocycles. The Balaban J connectivity index is 1.76. The van der Waals surface area contributed by atoms with Crippen LogP contribution in [0.25, 0.3) is 11.1 Å². The lowest BCUT2D eigenvalue weighted by atomic mass is 10.0. The van der Waals surface area contributed by atoms with Gasteiger partial charge < -0.3 is 14.3 Å². The summed E-state index contributed by atoms with van der Waals surface area (Å²) in [5.74, 6) is -1.20. The summed E-state index contributed by atoms with van der Waals surface area (Å²) in [6.45, 7) is -0.625. The number of oxazole rings is 1. The third-order valence-electron chi connectivity index (χ3n) is 3.62. The van der Waals surface area contributed by atoms with E-state index in [0.29, 0.717) is 0 Å². The van der Waals surface area contributed by atoms with Crippen LogP contribution >= 0.6 is 0 Å². The molecule has 0 unspecified atom stereocenters. The highest BCUT2D eigenvalue weighted by molar-refractivity contribution is 5.90. The Morgan fingerprint density at radius 1 is 1.08 bits per heavy atom. The molecule has 1 heterocycles. The van der Waals surface area contributed by atoms with Crippen molar-refractivity contribution in [2.24, 2.45) is 0 Å². The molecule has 3 rings (SSSR count). The van der Waals surface area contributed by atoms with Crippen molar-refractivity contribution < 1.29 is 23.8 Å². The predicted octanol–water partition coefficient (Wildman–Crippen LogP) is 3.57. The third-order valence-corrected chi connectivity index (χ3v) is 3.62. The summed E-state index contributed by atoms with van der Waals surface area (Å²) in [6, 6.07) is 17.1. The largest absolute Gasteiger partial charge is 0.480 e. The first-order chi connectivity index (χ1) is 12.6. The average molecular weight is 352 g/mol. The van der Waals surface area contributed by atoms with Gasteiger partial charge in [0.1, 0.15) is 19.4 Å². The van der Waals surface area contributed by atoms with Gasteiger partial charge in [-0.2, -0.15) is 0 Å². The number of anilines is 1. The van der Waals surface area contributed by atoms with Crippen molar-refractivity contribution in [3.8, 4) is 11.1 Å². The maximum absolute atomic E-state index is 12.3. The van der Waals surface area contributed by atoms with E-state index in [-0.39, 0.29) is 12.6 Å². The van der Waals surface area contributed by atoms with Crippen molar-refractivity contribution in [3.05, 3.63) is 72.6 Å². The minimum atomic E-state index is -1.20. The van der Waals surface area contributed by atoms with Crippen LogP contribution in [0.2, 0.25) is 0 Å². The molecule has 7 heteroatoms. The number of ether oxygens (including phenoxy) is 1. The van der Waals surface area contributed by atoms with Crippen LogP contribution in [0.15, 0.2) is 71.5 Å². The second kappa shape index (κ2) is 7.98. The molecule has 0 saturated carbocycles. The summed E-state index contributed by atoms with van der Waals surface area (Å²) in [5.41, 5.74) is 2.73. The normalized spacial score (nSPS) is 10.3. The highest BCUT2D eigenvalue weighted by atomic mass is 16.6. The number of hydrogen-bond donors (Lipinski definition) is 1. The molecular formula is C19H16N2O5. The maximum Gasteiger partial charge on any atom is 0.418 e. The Labute approximate surface area is 149 Å². The molecule has 3 aromatic rings. The van der Waals surface area contributed by atoms with Gasteiger partial charge in [0, 0.05) is 0 Å². The number of aliphatic carboxylic acids is 1. The van der Waals surface area contributed by atoms with Gasteiger partial charge in [-0.25, -0.2) is 14.7 Å². The van der Waals surface area contributed by atoms with Gasteiger partial charge in [0.2, 0.25) is 0 Å². The summed E-state index contributed by atoms with van der Waals surface area (Å²) in [7, 11) is 0. The molecule has 0 atom stereocenters. The third kappa shape index (κ3) is 4.07. The molecule has 0 spiro atoms. The zero-order chi connectivity index (χ0) is 18.4. The van der Waals surface area contributed by atoms with Gasteiger partial charge in [0.25, 0.3) is 0 Å². The lowest BCUT2D eigenvalue weighted by molar-refractivity contribution is -0.135. The predicted molar refractivity (Wildman–Crippen MR) is 93.5 cm³/mol. The van der Waals surface area contributed by atoms with Gasteiger partial charge >= 0.3 is 18.1 Å². The quantitative estimate of drug-likeness (QED) is 0.729. The number of carbonyl (C=O) groups is 2. The van der Waals surface area contributed by atoms with Gasteiger partial charge in [0.05, 0.1) is 6.20 Å². The van der Waals surface area contributed by atoms with Crippen molar-refractivity contribution in [1.29, 1.82) is 0 Å². The minimum Gasteiger partial charge on any atom is -0.480 e. The lowest BCUT2D eigenvalue weighted by Gasteiger charge is -2.17. The molecule has 0 aliphatic rings. The van der Waals surface area contributed by atoms with E-state index in [1.54, 1.807) is 0 Å². The first-order valence-electron chi connectivity index (χ1n) is 7.84. The van der Waals surface area contributed by atoms with E-state index in [1.807, 2.05) is 54.6 Å². The highest BCUT2D eigenvalue weighted by Gasteiger charge is 2.24. The summed E-state index contributed by atoms with van der Waals surface area (Å²) < 4.78 is 10.3. The molecule has 1 aromatic heterocycles. The van der Waals surface area contributed by atoms with Crippen LogP contribution in [0.1, 0.15) is 5.56 Å². The van der Waals surface area contributed by atoms with E-state index in [4.69, 9.17) is 14.3 Å². The fraction of sp³-hybridized carbons (Fsp3) is 0.105. The van der Waals surface area contributed by atoms with Gasteiger partial charge in [-0.1, -0.05) is 54.6 Å². The molecule has 0 radical (unpaired) electrons. The van der Waals surface area contributed by atoms with E-state index in [9.17, 15) is 9.59 Å². The number of carboxylic acids is 1. The van der Waals surface area contributed by atoms with E-state index in [2.05, 4.69) is 4.98 Å². The SMILES string of the molecule is O=C(O)CN(C(=O)OCc1ccccc1-c1ccccc1)c1ncco1. The van der Waals surface area contributed by atoms with E-state index in [1.165, 1.54) is 12.5 Å². The number of nitrogens with zero attached hydrogens (tertiary/aromatic N) is 2. The number of benzene rings is 2. The molecule has 0 aliphatic heterocycles. The molecule has 7 nitrogen and oxygen atoms in total. The summed E-state index contributed by atoms with van der Waals surface area (Å²) in [5, 5.41) is 8.99. The molecule has 26 heavy (non-hydrogen) atoms. The van der Waals surface area contributed by atoms with Crippen LogP contribution in [0.5, 0.6) is 0 Å². The number of hydrogen-bond acceptors (Lipinski definition) is 5. The zero-order valence-corrected chi connectivity index (χ0v) is 13.7. The van der Waals surface area contributed by atoms with Gasteiger partial charge in [-0.05, 0) is 16.7 Å². The number of aromatic nitrogens is 1. The minimum absolute atomic E-state index is 0.0132. The van der Waals surface area contributed by atoms with Crippen LogP contribution < -0.4 is 4.90 Å². The summed E-state index contributed by atoms with van der Waals surface area (Å²) in [4.78, 5) is 28.0. The van der Waals surface area contributed by atoms with Gasteiger partial charge in [-0.15, -0.1) is 0 Å². The fourth-order valence-corrected chi connectivity index (χ4v) is 2.46. The summed E-state index contributed by atoms with van der Waals surface area (Å²) >= 11 is 0. The Morgan fingerprint density at radius 2 is 1.81 bits per heavy atom. The van der Waals surface area contributed by atoms with Crippen molar-refractivity contribution in [3.63, 3.8) is 0 Å². The number of amides is 1. The Morgan fingerprint density at radius 3 is 2.50 bits per heavy atom. The van der Waals surface area contributed by atoms with Crippen LogP contribution in [-0.4, -0.2) is 28.7 Å². The van der Waals surface area contributed by atoms with Crippen LogP contribution in [0.3, 0.4) is 0 Å². The molecule has 0 aliphatic carbocycles. The van der Waals surface area contributed by atoms with E-state index in [0.717, 1.165) is 21.6 Å². The fourth-order valence-electron chi connectivity index (χ4n) is 2.46. The monoisotopic (exact) mass is 352 g/mol. The Bertz CT molecular complexity index is 878. The van der Waals surface area contributed by atoms with Crippen molar-refractivity contribution >= 4 is 18.1 Å².